The van der Waals surface area contributed by atoms with Crippen LogP contribution in [0.25, 0.3) is 0 Å². The van der Waals surface area contributed by atoms with Crippen molar-refractivity contribution < 1.29 is 23.1 Å². The van der Waals surface area contributed by atoms with Gasteiger partial charge < -0.3 is 14.7 Å². The van der Waals surface area contributed by atoms with Gasteiger partial charge in [-0.15, -0.1) is 11.3 Å². The van der Waals surface area contributed by atoms with E-state index in [0.717, 1.165) is 23.9 Å². The maximum Gasteiger partial charge on any atom is 0.336 e. The Morgan fingerprint density at radius 2 is 2.15 bits per heavy atom. The number of carboxylic acid groups (broad SMARTS) is 1. The van der Waals surface area contributed by atoms with E-state index in [2.05, 4.69) is 4.72 Å². The van der Waals surface area contributed by atoms with Gasteiger partial charge in [0, 0.05) is 18.5 Å². The minimum absolute atomic E-state index is 0.0109. The quantitative estimate of drug-likeness (QED) is 0.635. The molecule has 20 heavy (non-hydrogen) atoms. The van der Waals surface area contributed by atoms with Gasteiger partial charge in [-0.05, 0) is 20.2 Å². The number of sulfonamides is 1. The molecular formula is C11H18N2O5S2. The largest absolute Gasteiger partial charge is 0.478 e. The Balaban J connectivity index is 2.39. The van der Waals surface area contributed by atoms with E-state index >= 15 is 0 Å². The van der Waals surface area contributed by atoms with Crippen LogP contribution in [0.15, 0.2) is 15.7 Å². The van der Waals surface area contributed by atoms with Crippen LogP contribution in [-0.4, -0.2) is 64.8 Å². The van der Waals surface area contributed by atoms with Gasteiger partial charge in [-0.3, -0.25) is 0 Å². The lowest BCUT2D eigenvalue weighted by Crippen LogP contribution is -2.28. The maximum absolute atomic E-state index is 11.9. The van der Waals surface area contributed by atoms with Crippen LogP contribution in [0, 0.1) is 0 Å². The Labute approximate surface area is 122 Å². The second-order valence-electron chi connectivity index (χ2n) is 4.27. The monoisotopic (exact) mass is 322 g/mol. The topological polar surface area (TPSA) is 95.9 Å². The summed E-state index contributed by atoms with van der Waals surface area (Å²) in [5.41, 5.74) is -0.0300. The summed E-state index contributed by atoms with van der Waals surface area (Å²) >= 11 is 0.878. The van der Waals surface area contributed by atoms with Gasteiger partial charge in [-0.25, -0.2) is 17.9 Å². The van der Waals surface area contributed by atoms with Crippen molar-refractivity contribution in [3.63, 3.8) is 0 Å². The molecule has 0 bridgehead atoms. The van der Waals surface area contributed by atoms with Crippen LogP contribution in [-0.2, 0) is 14.8 Å². The second-order valence-corrected chi connectivity index (χ2v) is 7.18. The SMILES string of the molecule is CN(C)CCOCCNS(=O)(=O)c1cc(C(=O)O)cs1. The summed E-state index contributed by atoms with van der Waals surface area (Å²) in [7, 11) is 0.177. The van der Waals surface area contributed by atoms with Crippen LogP contribution in [0.4, 0.5) is 0 Å². The van der Waals surface area contributed by atoms with Gasteiger partial charge in [0.05, 0.1) is 18.8 Å². The summed E-state index contributed by atoms with van der Waals surface area (Å²) in [4.78, 5) is 12.7. The first kappa shape index (κ1) is 17.1. The van der Waals surface area contributed by atoms with Crippen molar-refractivity contribution in [2.75, 3.05) is 40.4 Å². The van der Waals surface area contributed by atoms with Crippen molar-refractivity contribution in [3.05, 3.63) is 17.0 Å². The van der Waals surface area contributed by atoms with Gasteiger partial charge in [0.15, 0.2) is 0 Å². The van der Waals surface area contributed by atoms with E-state index in [-0.39, 0.29) is 22.9 Å². The van der Waals surface area contributed by atoms with Crippen molar-refractivity contribution in [1.29, 1.82) is 0 Å². The lowest BCUT2D eigenvalue weighted by atomic mass is 10.4. The molecule has 0 radical (unpaired) electrons. The lowest BCUT2D eigenvalue weighted by Gasteiger charge is -2.10. The predicted molar refractivity (Wildman–Crippen MR) is 75.8 cm³/mol. The molecule has 1 aromatic heterocycles. The smallest absolute Gasteiger partial charge is 0.336 e. The van der Waals surface area contributed by atoms with Gasteiger partial charge in [-0.1, -0.05) is 0 Å². The van der Waals surface area contributed by atoms with Crippen molar-refractivity contribution >= 4 is 27.3 Å². The molecule has 1 heterocycles. The Kier molecular flexibility index (Phi) is 6.56. The summed E-state index contributed by atoms with van der Waals surface area (Å²) in [5.74, 6) is -1.14. The zero-order chi connectivity index (χ0) is 15.2. The highest BCUT2D eigenvalue weighted by atomic mass is 32.2. The minimum Gasteiger partial charge on any atom is -0.478 e. The van der Waals surface area contributed by atoms with Crippen molar-refractivity contribution in [2.24, 2.45) is 0 Å². The van der Waals surface area contributed by atoms with E-state index in [4.69, 9.17) is 9.84 Å². The molecule has 7 nitrogen and oxygen atoms in total. The van der Waals surface area contributed by atoms with Crippen LogP contribution in [0.3, 0.4) is 0 Å². The Hall–Kier alpha value is -1.00. The summed E-state index contributed by atoms with van der Waals surface area (Å²) in [6, 6.07) is 1.14. The van der Waals surface area contributed by atoms with E-state index in [0.29, 0.717) is 6.61 Å². The molecule has 0 aliphatic heterocycles. The van der Waals surface area contributed by atoms with Crippen LogP contribution in [0.1, 0.15) is 10.4 Å². The van der Waals surface area contributed by atoms with E-state index in [1.165, 1.54) is 5.38 Å². The van der Waals surface area contributed by atoms with Gasteiger partial charge in [-0.2, -0.15) is 0 Å². The molecule has 0 saturated heterocycles. The second kappa shape index (κ2) is 7.70. The molecular weight excluding hydrogens is 304 g/mol. The van der Waals surface area contributed by atoms with Crippen molar-refractivity contribution in [3.8, 4) is 0 Å². The standard InChI is InChI=1S/C11H18N2O5S2/c1-13(2)4-6-18-5-3-12-20(16,17)10-7-9(8-19-10)11(14)15/h7-8,12H,3-6H2,1-2H3,(H,14,15). The summed E-state index contributed by atoms with van der Waals surface area (Å²) in [6.45, 7) is 1.71. The van der Waals surface area contributed by atoms with Crippen LogP contribution in [0.5, 0.6) is 0 Å². The summed E-state index contributed by atoms with van der Waals surface area (Å²) < 4.78 is 31.3. The molecule has 0 saturated carbocycles. The third kappa shape index (κ3) is 5.55. The number of hydrogen-bond acceptors (Lipinski definition) is 6. The normalized spacial score (nSPS) is 11.9. The van der Waals surface area contributed by atoms with Gasteiger partial charge in [0.25, 0.3) is 0 Å². The number of carbonyl (C=O) groups is 1. The van der Waals surface area contributed by atoms with Crippen LogP contribution >= 0.6 is 11.3 Å². The number of thiophene rings is 1. The number of nitrogens with one attached hydrogen (secondary N) is 1. The highest BCUT2D eigenvalue weighted by Crippen LogP contribution is 2.19. The number of rotatable bonds is 9. The minimum atomic E-state index is -3.66. The van der Waals surface area contributed by atoms with E-state index in [9.17, 15) is 13.2 Å². The van der Waals surface area contributed by atoms with E-state index in [1.54, 1.807) is 0 Å². The fraction of sp³-hybridized carbons (Fsp3) is 0.545. The number of nitrogens with zero attached hydrogens (tertiary/aromatic N) is 1. The van der Waals surface area contributed by atoms with Crippen molar-refractivity contribution in [2.45, 2.75) is 4.21 Å². The number of aromatic carboxylic acids is 1. The van der Waals surface area contributed by atoms with Crippen LogP contribution in [0.2, 0.25) is 0 Å². The molecule has 9 heteroatoms. The Morgan fingerprint density at radius 3 is 2.70 bits per heavy atom. The number of carboxylic acids is 1. The first-order valence-corrected chi connectivity index (χ1v) is 8.23. The molecule has 114 valence electrons. The summed E-state index contributed by atoms with van der Waals surface area (Å²) in [6.07, 6.45) is 0. The maximum atomic E-state index is 11.9. The zero-order valence-electron chi connectivity index (χ0n) is 11.3. The van der Waals surface area contributed by atoms with Gasteiger partial charge >= 0.3 is 5.97 Å². The molecule has 0 aliphatic rings. The number of ether oxygens (including phenoxy) is 1. The highest BCUT2D eigenvalue weighted by Gasteiger charge is 2.18. The molecule has 0 unspecified atom stereocenters. The fourth-order valence-electron chi connectivity index (χ4n) is 1.24. The molecule has 0 aromatic carbocycles. The molecule has 0 spiro atoms. The molecule has 0 aliphatic carbocycles. The van der Waals surface area contributed by atoms with E-state index < -0.39 is 16.0 Å². The third-order valence-corrected chi connectivity index (χ3v) is 5.21. The summed E-state index contributed by atoms with van der Waals surface area (Å²) in [5, 5.41) is 10.0. The third-order valence-electron chi connectivity index (χ3n) is 2.31. The molecule has 1 aromatic rings. The number of hydrogen-bond donors (Lipinski definition) is 2. The van der Waals surface area contributed by atoms with Gasteiger partial charge in [0.2, 0.25) is 10.0 Å². The van der Waals surface area contributed by atoms with Crippen LogP contribution < -0.4 is 4.72 Å². The molecule has 1 rings (SSSR count). The van der Waals surface area contributed by atoms with Crippen molar-refractivity contribution in [1.82, 2.24) is 9.62 Å². The molecule has 2 N–H and O–H groups in total. The Morgan fingerprint density at radius 1 is 1.45 bits per heavy atom. The fourth-order valence-corrected chi connectivity index (χ4v) is 3.45. The average molecular weight is 322 g/mol. The highest BCUT2D eigenvalue weighted by molar-refractivity contribution is 7.91. The zero-order valence-corrected chi connectivity index (χ0v) is 13.0. The first-order chi connectivity index (χ1) is 9.33. The predicted octanol–water partition coefficient (Wildman–Crippen LogP) is 0.303. The lowest BCUT2D eigenvalue weighted by molar-refractivity contribution is 0.0697. The average Bonchev–Trinajstić information content (AvgIpc) is 2.83. The first-order valence-electron chi connectivity index (χ1n) is 5.87. The molecule has 0 atom stereocenters. The van der Waals surface area contributed by atoms with E-state index in [1.807, 2.05) is 19.0 Å². The molecule has 0 amide bonds. The van der Waals surface area contributed by atoms with Gasteiger partial charge in [0.1, 0.15) is 4.21 Å². The molecule has 0 fully saturated rings. The number of likely N-dealkylation sites (N-methyl/N-ethyl adjacent to an activating group) is 1. The Bertz CT molecular complexity index is 539.